The van der Waals surface area contributed by atoms with Crippen molar-refractivity contribution in [1.82, 2.24) is 0 Å². The number of unbranched alkanes of at least 4 members (excludes halogenated alkanes) is 5. The predicted molar refractivity (Wildman–Crippen MR) is 131 cm³/mol. The molecule has 0 saturated carbocycles. The highest BCUT2D eigenvalue weighted by Gasteiger charge is 2.14. The smallest absolute Gasteiger partial charge is 0.331 e. The highest BCUT2D eigenvalue weighted by molar-refractivity contribution is 6.09. The number of esters is 1. The van der Waals surface area contributed by atoms with Gasteiger partial charge >= 0.3 is 5.97 Å². The van der Waals surface area contributed by atoms with Crippen LogP contribution in [-0.4, -0.2) is 35.7 Å². The van der Waals surface area contributed by atoms with Crippen molar-refractivity contribution in [1.29, 1.82) is 0 Å². The Morgan fingerprint density at radius 2 is 1.36 bits per heavy atom. The minimum Gasteiger partial charge on any atom is -0.494 e. The molecule has 0 aromatic heterocycles. The van der Waals surface area contributed by atoms with Crippen LogP contribution in [0.15, 0.2) is 54.6 Å². The van der Waals surface area contributed by atoms with Crippen molar-refractivity contribution in [2.24, 2.45) is 0 Å². The Balaban J connectivity index is 1.80. The normalized spacial score (nSPS) is 11.5. The van der Waals surface area contributed by atoms with Crippen LogP contribution in [0.2, 0.25) is 0 Å². The lowest BCUT2D eigenvalue weighted by Crippen LogP contribution is -2.22. The average molecular weight is 453 g/mol. The fourth-order valence-corrected chi connectivity index (χ4v) is 3.23. The van der Waals surface area contributed by atoms with Gasteiger partial charge in [-0.3, -0.25) is 4.79 Å². The first-order valence-electron chi connectivity index (χ1n) is 11.7. The maximum Gasteiger partial charge on any atom is 0.331 e. The van der Waals surface area contributed by atoms with E-state index in [1.165, 1.54) is 6.08 Å². The van der Waals surface area contributed by atoms with Gasteiger partial charge in [-0.1, -0.05) is 49.9 Å². The molecule has 0 aliphatic carbocycles. The number of rotatable bonds is 13. The van der Waals surface area contributed by atoms with Crippen LogP contribution in [0, 0.1) is 0 Å². The van der Waals surface area contributed by atoms with E-state index >= 15 is 0 Å². The largest absolute Gasteiger partial charge is 0.494 e. The van der Waals surface area contributed by atoms with Gasteiger partial charge in [0.2, 0.25) is 0 Å². The number of hydrogen-bond donors (Lipinski definition) is 1. The molecule has 0 unspecified atom stereocenters. The van der Waals surface area contributed by atoms with E-state index in [1.54, 1.807) is 42.5 Å². The van der Waals surface area contributed by atoms with Crippen molar-refractivity contribution in [2.75, 3.05) is 13.2 Å². The second kappa shape index (κ2) is 13.6. The van der Waals surface area contributed by atoms with Crippen molar-refractivity contribution in [3.8, 4) is 5.75 Å². The Kier molecular flexibility index (Phi) is 10.8. The van der Waals surface area contributed by atoms with Crippen LogP contribution in [-0.2, 0) is 9.53 Å². The number of aliphatic hydroxyl groups is 1. The molecule has 0 aliphatic heterocycles. The van der Waals surface area contributed by atoms with Gasteiger partial charge in [0.15, 0.2) is 5.78 Å². The van der Waals surface area contributed by atoms with Crippen LogP contribution in [0.25, 0.3) is 6.08 Å². The summed E-state index contributed by atoms with van der Waals surface area (Å²) >= 11 is 0. The molecule has 0 amide bonds. The molecule has 0 aliphatic rings. The van der Waals surface area contributed by atoms with Gasteiger partial charge in [0.25, 0.3) is 0 Å². The highest BCUT2D eigenvalue weighted by atomic mass is 16.6. The molecule has 0 fully saturated rings. The summed E-state index contributed by atoms with van der Waals surface area (Å²) in [6, 6.07) is 14.3. The quantitative estimate of drug-likeness (QED) is 0.175. The minimum absolute atomic E-state index is 0.0629. The minimum atomic E-state index is -0.529. The van der Waals surface area contributed by atoms with E-state index in [1.807, 2.05) is 32.9 Å². The van der Waals surface area contributed by atoms with Crippen molar-refractivity contribution in [2.45, 2.75) is 64.9 Å². The maximum atomic E-state index is 12.8. The van der Waals surface area contributed by atoms with Crippen LogP contribution in [0.3, 0.4) is 0 Å². The number of hydrogen-bond acceptors (Lipinski definition) is 5. The monoisotopic (exact) mass is 452 g/mol. The molecule has 2 aromatic carbocycles. The standard InChI is InChI=1S/C28H36O5/c1-28(2,3)33-26(30)19-12-22-10-13-23(14-11-22)27(31)24-15-17-25(18-16-24)32-21-9-7-5-4-6-8-20-29/h10-19,29H,4-9,20-21H2,1-3H3/b19-12+. The number of ether oxygens (including phenoxy) is 2. The molecule has 5 heteroatoms. The molecule has 5 nitrogen and oxygen atoms in total. The van der Waals surface area contributed by atoms with E-state index < -0.39 is 11.6 Å². The molecule has 2 aromatic rings. The summed E-state index contributed by atoms with van der Waals surface area (Å²) in [4.78, 5) is 24.5. The van der Waals surface area contributed by atoms with E-state index in [0.29, 0.717) is 17.7 Å². The molecule has 178 valence electrons. The van der Waals surface area contributed by atoms with Gasteiger partial charge in [-0.05, 0) is 69.5 Å². The lowest BCUT2D eigenvalue weighted by molar-refractivity contribution is -0.148. The fraction of sp³-hybridized carbons (Fsp3) is 0.429. The zero-order valence-electron chi connectivity index (χ0n) is 20.0. The molecule has 33 heavy (non-hydrogen) atoms. The SMILES string of the molecule is CC(C)(C)OC(=O)/C=C/c1ccc(C(=O)c2ccc(OCCCCCCCCO)cc2)cc1. The number of carbonyl (C=O) groups excluding carboxylic acids is 2. The van der Waals surface area contributed by atoms with Crippen LogP contribution >= 0.6 is 0 Å². The van der Waals surface area contributed by atoms with Crippen molar-refractivity contribution >= 4 is 17.8 Å². The molecule has 0 heterocycles. The van der Waals surface area contributed by atoms with E-state index in [0.717, 1.165) is 49.8 Å². The van der Waals surface area contributed by atoms with E-state index in [-0.39, 0.29) is 12.4 Å². The second-order valence-electron chi connectivity index (χ2n) is 9.04. The maximum absolute atomic E-state index is 12.8. The summed E-state index contributed by atoms with van der Waals surface area (Å²) < 4.78 is 11.0. The Morgan fingerprint density at radius 3 is 1.94 bits per heavy atom. The molecule has 0 spiro atoms. The average Bonchev–Trinajstić information content (AvgIpc) is 2.78. The number of carbonyl (C=O) groups is 2. The molecule has 0 saturated heterocycles. The zero-order valence-corrected chi connectivity index (χ0v) is 20.0. The van der Waals surface area contributed by atoms with Gasteiger partial charge in [-0.25, -0.2) is 4.79 Å². The number of ketones is 1. The first kappa shape index (κ1) is 26.3. The van der Waals surface area contributed by atoms with E-state index in [9.17, 15) is 9.59 Å². The lowest BCUT2D eigenvalue weighted by atomic mass is 10.0. The molecular weight excluding hydrogens is 416 g/mol. The van der Waals surface area contributed by atoms with Crippen LogP contribution < -0.4 is 4.74 Å². The first-order valence-corrected chi connectivity index (χ1v) is 11.7. The molecule has 2 rings (SSSR count). The van der Waals surface area contributed by atoms with Gasteiger partial charge in [0.05, 0.1) is 6.61 Å². The Bertz CT molecular complexity index is 889. The topological polar surface area (TPSA) is 72.8 Å². The summed E-state index contributed by atoms with van der Waals surface area (Å²) in [7, 11) is 0. The fourth-order valence-electron chi connectivity index (χ4n) is 3.23. The van der Waals surface area contributed by atoms with Gasteiger partial charge in [0, 0.05) is 23.8 Å². The van der Waals surface area contributed by atoms with Crippen LogP contribution in [0.1, 0.15) is 80.8 Å². The van der Waals surface area contributed by atoms with Gasteiger partial charge in [0.1, 0.15) is 11.4 Å². The van der Waals surface area contributed by atoms with E-state index in [4.69, 9.17) is 14.6 Å². The van der Waals surface area contributed by atoms with Gasteiger partial charge in [-0.2, -0.15) is 0 Å². The van der Waals surface area contributed by atoms with Gasteiger partial charge in [-0.15, -0.1) is 0 Å². The predicted octanol–water partition coefficient (Wildman–Crippen LogP) is 5.98. The Labute approximate surface area is 197 Å². The summed E-state index contributed by atoms with van der Waals surface area (Å²) in [5, 5.41) is 8.77. The van der Waals surface area contributed by atoms with Crippen LogP contribution in [0.5, 0.6) is 5.75 Å². The third kappa shape index (κ3) is 10.5. The second-order valence-corrected chi connectivity index (χ2v) is 9.04. The van der Waals surface area contributed by atoms with Crippen molar-refractivity contribution < 1.29 is 24.2 Å². The summed E-state index contributed by atoms with van der Waals surface area (Å²) in [5.74, 6) is 0.296. The van der Waals surface area contributed by atoms with Crippen molar-refractivity contribution in [3.05, 3.63) is 71.3 Å². The molecule has 0 bridgehead atoms. The molecule has 1 N–H and O–H groups in total. The third-order valence-corrected chi connectivity index (χ3v) is 4.93. The number of aliphatic hydroxyl groups excluding tert-OH is 1. The van der Waals surface area contributed by atoms with Crippen LogP contribution in [0.4, 0.5) is 0 Å². The highest BCUT2D eigenvalue weighted by Crippen LogP contribution is 2.17. The van der Waals surface area contributed by atoms with Crippen molar-refractivity contribution in [3.63, 3.8) is 0 Å². The third-order valence-electron chi connectivity index (χ3n) is 4.93. The summed E-state index contributed by atoms with van der Waals surface area (Å²) in [6.45, 7) is 6.40. The lowest BCUT2D eigenvalue weighted by Gasteiger charge is -2.17. The summed E-state index contributed by atoms with van der Waals surface area (Å²) in [5.41, 5.74) is 1.47. The molecule has 0 atom stereocenters. The van der Waals surface area contributed by atoms with E-state index in [2.05, 4.69) is 0 Å². The number of benzene rings is 2. The Morgan fingerprint density at radius 1 is 0.818 bits per heavy atom. The summed E-state index contributed by atoms with van der Waals surface area (Å²) in [6.07, 6.45) is 9.45. The zero-order chi connectivity index (χ0) is 24.1. The molecule has 0 radical (unpaired) electrons. The first-order chi connectivity index (χ1) is 15.8. The molecular formula is C28H36O5. The van der Waals surface area contributed by atoms with Gasteiger partial charge < -0.3 is 14.6 Å². The Hall–Kier alpha value is -2.92.